The molecule has 1 N–H and O–H groups in total. The Kier molecular flexibility index (Phi) is 4.83. The van der Waals surface area contributed by atoms with E-state index in [9.17, 15) is 4.79 Å². The van der Waals surface area contributed by atoms with Gasteiger partial charge in [0, 0.05) is 5.56 Å². The van der Waals surface area contributed by atoms with Gasteiger partial charge in [0.2, 0.25) is 5.91 Å². The second kappa shape index (κ2) is 7.03. The second-order valence-corrected chi connectivity index (χ2v) is 5.94. The summed E-state index contributed by atoms with van der Waals surface area (Å²) in [5, 5.41) is 7.20. The van der Waals surface area contributed by atoms with Crippen LogP contribution < -0.4 is 5.32 Å². The molecule has 24 heavy (non-hydrogen) atoms. The van der Waals surface area contributed by atoms with Gasteiger partial charge in [-0.15, -0.1) is 0 Å². The molecule has 7 heteroatoms. The lowest BCUT2D eigenvalue weighted by Gasteiger charge is -2.06. The number of anilines is 1. The van der Waals surface area contributed by atoms with Crippen molar-refractivity contribution in [3.05, 3.63) is 63.9 Å². The van der Waals surface area contributed by atoms with Gasteiger partial charge in [0.15, 0.2) is 5.82 Å². The molecule has 0 unspecified atom stereocenters. The number of aromatic nitrogens is 2. The second-order valence-electron chi connectivity index (χ2n) is 5.16. The molecule has 1 aromatic heterocycles. The minimum absolute atomic E-state index is 0.0295. The first kappa shape index (κ1) is 16.5. The maximum Gasteiger partial charge on any atom is 0.258 e. The lowest BCUT2D eigenvalue weighted by Crippen LogP contribution is -2.15. The Morgan fingerprint density at radius 3 is 2.75 bits per heavy atom. The van der Waals surface area contributed by atoms with Crippen molar-refractivity contribution in [2.45, 2.75) is 13.3 Å². The van der Waals surface area contributed by atoms with E-state index in [2.05, 4.69) is 15.5 Å². The van der Waals surface area contributed by atoms with E-state index < -0.39 is 0 Å². The predicted molar refractivity (Wildman–Crippen MR) is 93.3 cm³/mol. The topological polar surface area (TPSA) is 68.0 Å². The third-order valence-electron chi connectivity index (χ3n) is 3.39. The summed E-state index contributed by atoms with van der Waals surface area (Å²) in [6, 6.07) is 12.7. The fraction of sp³-hybridized carbons (Fsp3) is 0.118. The highest BCUT2D eigenvalue weighted by atomic mass is 35.5. The average Bonchev–Trinajstić information content (AvgIpc) is 3.00. The number of carbonyl (C=O) groups excluding carboxylic acids is 1. The average molecular weight is 362 g/mol. The van der Waals surface area contributed by atoms with E-state index in [1.807, 2.05) is 31.2 Å². The van der Waals surface area contributed by atoms with E-state index in [0.29, 0.717) is 27.4 Å². The fourth-order valence-corrected chi connectivity index (χ4v) is 2.53. The Morgan fingerprint density at radius 1 is 1.17 bits per heavy atom. The molecular formula is C17H13Cl2N3O2. The van der Waals surface area contributed by atoms with Gasteiger partial charge in [-0.05, 0) is 30.7 Å². The Bertz CT molecular complexity index is 893. The fourth-order valence-electron chi connectivity index (χ4n) is 2.19. The number of halogens is 2. The van der Waals surface area contributed by atoms with Crippen molar-refractivity contribution >= 4 is 34.8 Å². The van der Waals surface area contributed by atoms with E-state index in [0.717, 1.165) is 11.1 Å². The van der Waals surface area contributed by atoms with E-state index in [4.69, 9.17) is 27.7 Å². The van der Waals surface area contributed by atoms with Crippen LogP contribution in [0.1, 0.15) is 11.4 Å². The molecule has 0 radical (unpaired) electrons. The zero-order valence-corrected chi connectivity index (χ0v) is 14.2. The molecule has 0 bridgehead atoms. The molecule has 122 valence electrons. The number of aryl methyl sites for hydroxylation is 1. The minimum Gasteiger partial charge on any atom is -0.334 e. The smallest absolute Gasteiger partial charge is 0.258 e. The van der Waals surface area contributed by atoms with Crippen molar-refractivity contribution < 1.29 is 9.32 Å². The highest BCUT2D eigenvalue weighted by Gasteiger charge is 2.15. The van der Waals surface area contributed by atoms with Crippen LogP contribution in [0.15, 0.2) is 47.0 Å². The largest absolute Gasteiger partial charge is 0.334 e. The Labute approximate surface area is 148 Å². The quantitative estimate of drug-likeness (QED) is 0.740. The molecule has 0 fully saturated rings. The van der Waals surface area contributed by atoms with Crippen molar-refractivity contribution in [1.82, 2.24) is 10.1 Å². The van der Waals surface area contributed by atoms with Crippen LogP contribution in [0.4, 0.5) is 5.69 Å². The lowest BCUT2D eigenvalue weighted by molar-refractivity contribution is -0.115. The number of nitrogens with one attached hydrogen (secondary N) is 1. The first-order valence-electron chi connectivity index (χ1n) is 7.17. The predicted octanol–water partition coefficient (Wildman–Crippen LogP) is 4.53. The Hall–Kier alpha value is -2.37. The van der Waals surface area contributed by atoms with Crippen LogP contribution >= 0.6 is 23.2 Å². The van der Waals surface area contributed by atoms with Crippen LogP contribution in [0, 0.1) is 6.92 Å². The third-order valence-corrected chi connectivity index (χ3v) is 4.21. The Balaban J connectivity index is 1.72. The molecule has 0 saturated heterocycles. The number of nitrogens with zero attached hydrogens (tertiary/aromatic N) is 2. The summed E-state index contributed by atoms with van der Waals surface area (Å²) in [7, 11) is 0. The summed E-state index contributed by atoms with van der Waals surface area (Å²) in [4.78, 5) is 16.4. The van der Waals surface area contributed by atoms with Gasteiger partial charge in [-0.25, -0.2) is 0 Å². The molecule has 0 aliphatic rings. The van der Waals surface area contributed by atoms with Gasteiger partial charge in [-0.2, -0.15) is 4.98 Å². The van der Waals surface area contributed by atoms with E-state index in [-0.39, 0.29) is 12.3 Å². The van der Waals surface area contributed by atoms with Crippen molar-refractivity contribution in [3.8, 4) is 11.5 Å². The van der Waals surface area contributed by atoms with Crippen LogP contribution in [-0.2, 0) is 11.2 Å². The van der Waals surface area contributed by atoms with Crippen LogP contribution in [0.2, 0.25) is 10.0 Å². The van der Waals surface area contributed by atoms with Gasteiger partial charge < -0.3 is 9.84 Å². The van der Waals surface area contributed by atoms with Crippen LogP contribution in [0.3, 0.4) is 0 Å². The van der Waals surface area contributed by atoms with Gasteiger partial charge in [-0.1, -0.05) is 52.6 Å². The summed E-state index contributed by atoms with van der Waals surface area (Å²) in [6.07, 6.45) is -0.0295. The van der Waals surface area contributed by atoms with E-state index >= 15 is 0 Å². The third kappa shape index (κ3) is 3.58. The SMILES string of the molecule is Cc1ccccc1-c1nc(CC(=O)Nc2cccc(Cl)c2Cl)no1. The number of hydrogen-bond donors (Lipinski definition) is 1. The standard InChI is InChI=1S/C17H13Cl2N3O2/c1-10-5-2-3-6-11(10)17-21-14(22-24-17)9-15(23)20-13-8-4-7-12(18)16(13)19/h2-8H,9H2,1H3,(H,20,23). The van der Waals surface area contributed by atoms with Crippen LogP contribution in [-0.4, -0.2) is 16.0 Å². The molecule has 0 saturated carbocycles. The number of hydrogen-bond acceptors (Lipinski definition) is 4. The summed E-state index contributed by atoms with van der Waals surface area (Å²) < 4.78 is 5.24. The zero-order valence-electron chi connectivity index (χ0n) is 12.7. The van der Waals surface area contributed by atoms with Gasteiger partial charge in [0.05, 0.1) is 22.2 Å². The summed E-state index contributed by atoms with van der Waals surface area (Å²) in [5.74, 6) is 0.372. The van der Waals surface area contributed by atoms with Crippen LogP contribution in [0.25, 0.3) is 11.5 Å². The molecule has 0 aliphatic heterocycles. The molecule has 1 amide bonds. The van der Waals surface area contributed by atoms with E-state index in [1.54, 1.807) is 18.2 Å². The van der Waals surface area contributed by atoms with Crippen molar-refractivity contribution in [3.63, 3.8) is 0 Å². The monoisotopic (exact) mass is 361 g/mol. The molecular weight excluding hydrogens is 349 g/mol. The molecule has 5 nitrogen and oxygen atoms in total. The molecule has 0 spiro atoms. The van der Waals surface area contributed by atoms with Crippen molar-refractivity contribution in [2.24, 2.45) is 0 Å². The molecule has 2 aromatic carbocycles. The summed E-state index contributed by atoms with van der Waals surface area (Å²) in [5.41, 5.74) is 2.30. The molecule has 1 heterocycles. The van der Waals surface area contributed by atoms with Gasteiger partial charge >= 0.3 is 0 Å². The maximum absolute atomic E-state index is 12.1. The minimum atomic E-state index is -0.309. The Morgan fingerprint density at radius 2 is 1.96 bits per heavy atom. The van der Waals surface area contributed by atoms with E-state index in [1.165, 1.54) is 0 Å². The first-order chi connectivity index (χ1) is 11.5. The normalized spacial score (nSPS) is 10.6. The van der Waals surface area contributed by atoms with Gasteiger partial charge in [0.1, 0.15) is 0 Å². The van der Waals surface area contributed by atoms with Crippen LogP contribution in [0.5, 0.6) is 0 Å². The van der Waals surface area contributed by atoms with Crippen molar-refractivity contribution in [2.75, 3.05) is 5.32 Å². The summed E-state index contributed by atoms with van der Waals surface area (Å²) >= 11 is 12.0. The molecule has 0 aliphatic carbocycles. The first-order valence-corrected chi connectivity index (χ1v) is 7.92. The molecule has 3 aromatic rings. The maximum atomic E-state index is 12.1. The highest BCUT2D eigenvalue weighted by Crippen LogP contribution is 2.29. The number of amides is 1. The summed E-state index contributed by atoms with van der Waals surface area (Å²) in [6.45, 7) is 1.95. The van der Waals surface area contributed by atoms with Gasteiger partial charge in [0.25, 0.3) is 5.89 Å². The van der Waals surface area contributed by atoms with Gasteiger partial charge in [-0.3, -0.25) is 4.79 Å². The van der Waals surface area contributed by atoms with Crippen molar-refractivity contribution in [1.29, 1.82) is 0 Å². The molecule has 3 rings (SSSR count). The number of benzene rings is 2. The number of carbonyl (C=O) groups is 1. The zero-order chi connectivity index (χ0) is 17.1. The lowest BCUT2D eigenvalue weighted by atomic mass is 10.1. The number of rotatable bonds is 4. The highest BCUT2D eigenvalue weighted by molar-refractivity contribution is 6.43. The molecule has 0 atom stereocenters.